The Hall–Kier alpha value is -3.00. The molecule has 0 saturated carbocycles. The highest BCUT2D eigenvalue weighted by molar-refractivity contribution is 7.10. The van der Waals surface area contributed by atoms with Crippen LogP contribution < -0.4 is 10.6 Å². The van der Waals surface area contributed by atoms with Crippen LogP contribution in [-0.4, -0.2) is 35.1 Å². The van der Waals surface area contributed by atoms with Crippen molar-refractivity contribution in [2.45, 2.75) is 78.4 Å². The van der Waals surface area contributed by atoms with E-state index >= 15 is 0 Å². The zero-order valence-electron chi connectivity index (χ0n) is 21.1. The van der Waals surface area contributed by atoms with Crippen molar-refractivity contribution in [2.75, 3.05) is 0 Å². The van der Waals surface area contributed by atoms with E-state index in [2.05, 4.69) is 36.6 Å². The molecule has 0 bridgehead atoms. The van der Waals surface area contributed by atoms with Gasteiger partial charge in [0.15, 0.2) is 0 Å². The van der Waals surface area contributed by atoms with Gasteiger partial charge in [0.05, 0.1) is 18.0 Å². The predicted molar refractivity (Wildman–Crippen MR) is 137 cm³/mol. The summed E-state index contributed by atoms with van der Waals surface area (Å²) in [6.45, 7) is 10.9. The number of rotatable bonds is 11. The lowest BCUT2D eigenvalue weighted by molar-refractivity contribution is -0.129. The fourth-order valence-electron chi connectivity index (χ4n) is 4.63. The van der Waals surface area contributed by atoms with Crippen molar-refractivity contribution in [3.8, 4) is 0 Å². The van der Waals surface area contributed by atoms with Gasteiger partial charge < -0.3 is 10.2 Å². The van der Waals surface area contributed by atoms with Gasteiger partial charge in [-0.2, -0.15) is 0 Å². The van der Waals surface area contributed by atoms with Gasteiger partial charge in [0, 0.05) is 16.8 Å². The number of carbonyl (C=O) groups excluding carboxylic acids is 4. The highest BCUT2D eigenvalue weighted by Crippen LogP contribution is 2.34. The summed E-state index contributed by atoms with van der Waals surface area (Å²) >= 11 is 1.45. The number of hydrogen-bond acceptors (Lipinski definition) is 5. The average molecular weight is 498 g/mol. The maximum absolute atomic E-state index is 13.2. The third kappa shape index (κ3) is 5.81. The molecule has 7 nitrogen and oxygen atoms in total. The number of carbonyl (C=O) groups is 4. The van der Waals surface area contributed by atoms with Gasteiger partial charge in [-0.3, -0.25) is 24.5 Å². The number of nitrogens with one attached hydrogen (secondary N) is 2. The fourth-order valence-corrected chi connectivity index (χ4v) is 5.61. The van der Waals surface area contributed by atoms with E-state index < -0.39 is 11.9 Å². The molecule has 2 atom stereocenters. The maximum Gasteiger partial charge on any atom is 0.256 e. The molecule has 2 aromatic rings. The highest BCUT2D eigenvalue weighted by atomic mass is 32.1. The van der Waals surface area contributed by atoms with Crippen LogP contribution in [0, 0.1) is 5.92 Å². The first-order valence-electron chi connectivity index (χ1n) is 12.2. The summed E-state index contributed by atoms with van der Waals surface area (Å²) in [5.41, 5.74) is 3.65. The number of imide groups is 1. The van der Waals surface area contributed by atoms with Gasteiger partial charge in [-0.25, -0.2) is 0 Å². The quantitative estimate of drug-likeness (QED) is 0.452. The summed E-state index contributed by atoms with van der Waals surface area (Å²) < 4.78 is 0. The summed E-state index contributed by atoms with van der Waals surface area (Å²) in [7, 11) is 0. The second kappa shape index (κ2) is 11.6. The number of fused-ring (bicyclic) bond motifs is 1. The van der Waals surface area contributed by atoms with Crippen molar-refractivity contribution in [3.05, 3.63) is 56.8 Å². The van der Waals surface area contributed by atoms with E-state index in [9.17, 15) is 19.2 Å². The van der Waals surface area contributed by atoms with Crippen molar-refractivity contribution in [2.24, 2.45) is 5.92 Å². The van der Waals surface area contributed by atoms with Gasteiger partial charge in [0.25, 0.3) is 5.91 Å². The SMILES string of the molecule is CCCC(C(=O)NC=O)N1Cc2c(csc2CNC(=O)C(c2ccc(C(C)C)cc2)C(C)C)C1=O. The smallest absolute Gasteiger partial charge is 0.256 e. The minimum atomic E-state index is -0.698. The Kier molecular flexibility index (Phi) is 8.83. The Morgan fingerprint density at radius 2 is 1.74 bits per heavy atom. The number of thiophene rings is 1. The van der Waals surface area contributed by atoms with Gasteiger partial charge in [-0.05, 0) is 34.9 Å². The van der Waals surface area contributed by atoms with Gasteiger partial charge in [0.2, 0.25) is 18.2 Å². The molecule has 188 valence electrons. The second-order valence-corrected chi connectivity index (χ2v) is 10.6. The summed E-state index contributed by atoms with van der Waals surface area (Å²) in [5.74, 6) is -0.448. The Morgan fingerprint density at radius 3 is 2.31 bits per heavy atom. The van der Waals surface area contributed by atoms with E-state index in [4.69, 9.17) is 0 Å². The van der Waals surface area contributed by atoms with Crippen LogP contribution in [0.1, 0.15) is 91.2 Å². The van der Waals surface area contributed by atoms with Gasteiger partial charge in [-0.15, -0.1) is 11.3 Å². The molecule has 2 unspecified atom stereocenters. The van der Waals surface area contributed by atoms with Crippen molar-refractivity contribution >= 4 is 35.5 Å². The van der Waals surface area contributed by atoms with Crippen LogP contribution in [0.3, 0.4) is 0 Å². The first kappa shape index (κ1) is 26.6. The molecule has 0 aliphatic carbocycles. The predicted octanol–water partition coefficient (Wildman–Crippen LogP) is 4.32. The lowest BCUT2D eigenvalue weighted by atomic mass is 9.86. The summed E-state index contributed by atoms with van der Waals surface area (Å²) in [5, 5.41) is 7.05. The number of benzene rings is 1. The van der Waals surface area contributed by atoms with Crippen LogP contribution in [-0.2, 0) is 27.5 Å². The molecule has 1 aliphatic heterocycles. The number of hydrogen-bond donors (Lipinski definition) is 2. The molecular formula is C27H35N3O4S. The molecule has 0 fully saturated rings. The molecule has 4 amide bonds. The van der Waals surface area contributed by atoms with Crippen LogP contribution >= 0.6 is 11.3 Å². The summed E-state index contributed by atoms with van der Waals surface area (Å²) in [6, 6.07) is 7.55. The van der Waals surface area contributed by atoms with Gasteiger partial charge in [0.1, 0.15) is 6.04 Å². The van der Waals surface area contributed by atoms with E-state index in [0.717, 1.165) is 16.0 Å². The van der Waals surface area contributed by atoms with Crippen molar-refractivity contribution in [3.63, 3.8) is 0 Å². The topological polar surface area (TPSA) is 95.6 Å². The zero-order valence-corrected chi connectivity index (χ0v) is 21.9. The van der Waals surface area contributed by atoms with Crippen LogP contribution in [0.15, 0.2) is 29.6 Å². The van der Waals surface area contributed by atoms with Crippen molar-refractivity contribution in [1.29, 1.82) is 0 Å². The minimum absolute atomic E-state index is 0.0464. The highest BCUT2D eigenvalue weighted by Gasteiger charge is 2.38. The first-order valence-corrected chi connectivity index (χ1v) is 13.1. The molecule has 2 heterocycles. The second-order valence-electron chi connectivity index (χ2n) is 9.68. The third-order valence-corrected chi connectivity index (χ3v) is 7.61. The van der Waals surface area contributed by atoms with E-state index in [1.54, 1.807) is 5.38 Å². The van der Waals surface area contributed by atoms with Crippen molar-refractivity contribution < 1.29 is 19.2 Å². The summed E-state index contributed by atoms with van der Waals surface area (Å²) in [6.07, 6.45) is 1.52. The molecule has 1 aromatic heterocycles. The number of nitrogens with zero attached hydrogens (tertiary/aromatic N) is 1. The molecule has 1 aliphatic rings. The van der Waals surface area contributed by atoms with Crippen LogP contribution in [0.4, 0.5) is 0 Å². The molecule has 1 aromatic carbocycles. The minimum Gasteiger partial charge on any atom is -0.351 e. The van der Waals surface area contributed by atoms with Gasteiger partial charge in [-0.1, -0.05) is 65.3 Å². The van der Waals surface area contributed by atoms with Crippen LogP contribution in [0.5, 0.6) is 0 Å². The zero-order chi connectivity index (χ0) is 25.7. The van der Waals surface area contributed by atoms with E-state index in [-0.39, 0.29) is 23.7 Å². The average Bonchev–Trinajstić information content (AvgIpc) is 3.36. The van der Waals surface area contributed by atoms with Gasteiger partial charge >= 0.3 is 0 Å². The molecule has 3 rings (SSSR count). The standard InChI is InChI=1S/C27H35N3O4S/c1-6-7-22(25(32)29-15-31)30-13-20-21(27(30)34)14-35-23(20)12-28-26(33)24(17(4)5)19-10-8-18(9-11-19)16(2)3/h8-11,14-17,22,24H,6-7,12-13H2,1-5H3,(H,28,33)(H,29,31,32). The molecule has 0 radical (unpaired) electrons. The monoisotopic (exact) mass is 497 g/mol. The Labute approximate surface area is 211 Å². The van der Waals surface area contributed by atoms with Crippen molar-refractivity contribution in [1.82, 2.24) is 15.5 Å². The van der Waals surface area contributed by atoms with E-state index in [1.165, 1.54) is 21.8 Å². The molecule has 2 N–H and O–H groups in total. The fraction of sp³-hybridized carbons (Fsp3) is 0.481. The first-order chi connectivity index (χ1) is 16.7. The number of amides is 4. The Morgan fingerprint density at radius 1 is 1.09 bits per heavy atom. The molecule has 8 heteroatoms. The lowest BCUT2D eigenvalue weighted by Crippen LogP contribution is -2.46. The lowest BCUT2D eigenvalue weighted by Gasteiger charge is -2.26. The molecule has 35 heavy (non-hydrogen) atoms. The molecular weight excluding hydrogens is 462 g/mol. The van der Waals surface area contributed by atoms with Crippen LogP contribution in [0.25, 0.3) is 0 Å². The molecule has 0 saturated heterocycles. The van der Waals surface area contributed by atoms with E-state index in [0.29, 0.717) is 43.8 Å². The Bertz CT molecular complexity index is 1070. The third-order valence-electron chi connectivity index (χ3n) is 6.58. The Balaban J connectivity index is 1.73. The van der Waals surface area contributed by atoms with E-state index in [1.807, 2.05) is 32.9 Å². The van der Waals surface area contributed by atoms with Crippen LogP contribution in [0.2, 0.25) is 0 Å². The largest absolute Gasteiger partial charge is 0.351 e. The summed E-state index contributed by atoms with van der Waals surface area (Å²) in [4.78, 5) is 51.8. The normalized spacial score (nSPS) is 14.7. The molecule has 0 spiro atoms. The maximum atomic E-state index is 13.2.